The van der Waals surface area contributed by atoms with Crippen molar-refractivity contribution in [2.45, 2.75) is 20.0 Å². The van der Waals surface area contributed by atoms with Gasteiger partial charge in [0.2, 0.25) is 12.0 Å². The number of rotatable bonds is 3. The molecule has 5 heteroatoms. The minimum absolute atomic E-state index is 0.0739. The second-order valence-electron chi connectivity index (χ2n) is 5.75. The van der Waals surface area contributed by atoms with Crippen molar-refractivity contribution in [2.24, 2.45) is 5.92 Å². The van der Waals surface area contributed by atoms with E-state index in [0.717, 1.165) is 5.56 Å². The Hall–Kier alpha value is -2.82. The van der Waals surface area contributed by atoms with Crippen molar-refractivity contribution in [1.29, 1.82) is 0 Å². The lowest BCUT2D eigenvalue weighted by molar-refractivity contribution is -0.123. The lowest BCUT2D eigenvalue weighted by Crippen LogP contribution is -2.30. The Kier molecular flexibility index (Phi) is 4.02. The topological polar surface area (TPSA) is 67.4 Å². The molecule has 0 aromatic heterocycles. The number of nitrogens with one attached hydrogen (secondary N) is 2. The number of hydrogen-bond donors (Lipinski definition) is 2. The standard InChI is InChI=1S/C18H18N2O3/c1-11(2)17(21)19-13-8-9-15-14(10-13)20-18(22)16(23-15)12-6-4-3-5-7-12/h3-11,16H,1-2H3,(H,19,21)(H,20,22). The molecule has 3 rings (SSSR count). The summed E-state index contributed by atoms with van der Waals surface area (Å²) in [5.41, 5.74) is 1.99. The number of fused-ring (bicyclic) bond motifs is 1. The molecule has 1 aliphatic rings. The summed E-state index contributed by atoms with van der Waals surface area (Å²) >= 11 is 0. The zero-order valence-electron chi connectivity index (χ0n) is 13.0. The van der Waals surface area contributed by atoms with Crippen LogP contribution in [0, 0.1) is 5.92 Å². The van der Waals surface area contributed by atoms with E-state index in [2.05, 4.69) is 10.6 Å². The molecule has 1 atom stereocenters. The summed E-state index contributed by atoms with van der Waals surface area (Å²) in [7, 11) is 0. The monoisotopic (exact) mass is 310 g/mol. The van der Waals surface area contributed by atoms with Gasteiger partial charge < -0.3 is 15.4 Å². The number of benzene rings is 2. The maximum absolute atomic E-state index is 12.3. The highest BCUT2D eigenvalue weighted by molar-refractivity contribution is 6.00. The summed E-state index contributed by atoms with van der Waals surface area (Å²) in [6.45, 7) is 3.65. The Morgan fingerprint density at radius 2 is 1.91 bits per heavy atom. The van der Waals surface area contributed by atoms with E-state index >= 15 is 0 Å². The van der Waals surface area contributed by atoms with E-state index in [0.29, 0.717) is 17.1 Å². The second-order valence-corrected chi connectivity index (χ2v) is 5.75. The van der Waals surface area contributed by atoms with Crippen LogP contribution in [-0.2, 0) is 9.59 Å². The molecule has 0 saturated heterocycles. The van der Waals surface area contributed by atoms with E-state index in [1.807, 2.05) is 44.2 Å². The van der Waals surface area contributed by atoms with Crippen LogP contribution in [0.4, 0.5) is 11.4 Å². The quantitative estimate of drug-likeness (QED) is 0.913. The number of hydrogen-bond acceptors (Lipinski definition) is 3. The fourth-order valence-electron chi connectivity index (χ4n) is 2.32. The lowest BCUT2D eigenvalue weighted by Gasteiger charge is -2.26. The zero-order chi connectivity index (χ0) is 16.4. The molecule has 0 spiro atoms. The van der Waals surface area contributed by atoms with Gasteiger partial charge in [-0.05, 0) is 18.2 Å². The summed E-state index contributed by atoms with van der Waals surface area (Å²) in [6.07, 6.45) is -0.667. The number of amides is 2. The zero-order valence-corrected chi connectivity index (χ0v) is 13.0. The minimum Gasteiger partial charge on any atom is -0.474 e. The van der Waals surface area contributed by atoms with Crippen molar-refractivity contribution in [3.05, 3.63) is 54.1 Å². The van der Waals surface area contributed by atoms with Crippen LogP contribution in [0.2, 0.25) is 0 Å². The highest BCUT2D eigenvalue weighted by atomic mass is 16.5. The van der Waals surface area contributed by atoms with E-state index in [1.165, 1.54) is 0 Å². The molecule has 0 saturated carbocycles. The average Bonchev–Trinajstić information content (AvgIpc) is 2.54. The van der Waals surface area contributed by atoms with Gasteiger partial charge in [-0.2, -0.15) is 0 Å². The molecule has 1 unspecified atom stereocenters. The molecular formula is C18H18N2O3. The Morgan fingerprint density at radius 3 is 2.61 bits per heavy atom. The van der Waals surface area contributed by atoms with Crippen LogP contribution in [0.3, 0.4) is 0 Å². The van der Waals surface area contributed by atoms with Gasteiger partial charge in [0.15, 0.2) is 0 Å². The van der Waals surface area contributed by atoms with Gasteiger partial charge in [-0.25, -0.2) is 0 Å². The number of ether oxygens (including phenoxy) is 1. The van der Waals surface area contributed by atoms with Gasteiger partial charge in [0.25, 0.3) is 5.91 Å². The maximum atomic E-state index is 12.3. The molecule has 0 bridgehead atoms. The third-order valence-corrected chi connectivity index (χ3v) is 3.61. The molecular weight excluding hydrogens is 292 g/mol. The summed E-state index contributed by atoms with van der Waals surface area (Å²) < 4.78 is 5.81. The second kappa shape index (κ2) is 6.12. The third kappa shape index (κ3) is 3.18. The van der Waals surface area contributed by atoms with Crippen LogP contribution in [0.1, 0.15) is 25.5 Å². The summed E-state index contributed by atoms with van der Waals surface area (Å²) in [5, 5.41) is 5.64. The summed E-state index contributed by atoms with van der Waals surface area (Å²) in [4.78, 5) is 24.0. The van der Waals surface area contributed by atoms with E-state index in [9.17, 15) is 9.59 Å². The van der Waals surface area contributed by atoms with Gasteiger partial charge in [0.05, 0.1) is 5.69 Å². The molecule has 2 aromatic carbocycles. The first-order valence-corrected chi connectivity index (χ1v) is 7.52. The van der Waals surface area contributed by atoms with E-state index in [4.69, 9.17) is 4.74 Å². The Labute approximate surface area is 134 Å². The third-order valence-electron chi connectivity index (χ3n) is 3.61. The molecule has 5 nitrogen and oxygen atoms in total. The normalized spacial score (nSPS) is 16.3. The van der Waals surface area contributed by atoms with Crippen molar-refractivity contribution in [1.82, 2.24) is 0 Å². The van der Waals surface area contributed by atoms with E-state index in [-0.39, 0.29) is 17.7 Å². The molecule has 23 heavy (non-hydrogen) atoms. The SMILES string of the molecule is CC(C)C(=O)Nc1ccc2c(c1)NC(=O)C(c1ccccc1)O2. The average molecular weight is 310 g/mol. The smallest absolute Gasteiger partial charge is 0.270 e. The van der Waals surface area contributed by atoms with Crippen molar-refractivity contribution >= 4 is 23.2 Å². The molecule has 118 valence electrons. The van der Waals surface area contributed by atoms with Gasteiger partial charge in [-0.1, -0.05) is 44.2 Å². The van der Waals surface area contributed by atoms with Gasteiger partial charge in [0.1, 0.15) is 5.75 Å². The highest BCUT2D eigenvalue weighted by Crippen LogP contribution is 2.36. The highest BCUT2D eigenvalue weighted by Gasteiger charge is 2.29. The van der Waals surface area contributed by atoms with Crippen LogP contribution < -0.4 is 15.4 Å². The number of carbonyl (C=O) groups is 2. The predicted molar refractivity (Wildman–Crippen MR) is 88.4 cm³/mol. The Morgan fingerprint density at radius 1 is 1.17 bits per heavy atom. The van der Waals surface area contributed by atoms with Gasteiger partial charge >= 0.3 is 0 Å². The number of carbonyl (C=O) groups excluding carboxylic acids is 2. The Balaban J connectivity index is 1.83. The first kappa shape index (κ1) is 15.1. The molecule has 0 aliphatic carbocycles. The van der Waals surface area contributed by atoms with E-state index in [1.54, 1.807) is 18.2 Å². The molecule has 2 amide bonds. The summed E-state index contributed by atoms with van der Waals surface area (Å²) in [6, 6.07) is 14.5. The lowest BCUT2D eigenvalue weighted by atomic mass is 10.1. The largest absolute Gasteiger partial charge is 0.474 e. The predicted octanol–water partition coefficient (Wildman–Crippen LogP) is 3.35. The molecule has 1 heterocycles. The van der Waals surface area contributed by atoms with Crippen molar-refractivity contribution in [3.8, 4) is 5.75 Å². The van der Waals surface area contributed by atoms with Crippen LogP contribution in [-0.4, -0.2) is 11.8 Å². The van der Waals surface area contributed by atoms with Crippen LogP contribution in [0.15, 0.2) is 48.5 Å². The minimum atomic E-state index is -0.667. The molecule has 0 fully saturated rings. The first-order chi connectivity index (χ1) is 11.0. The van der Waals surface area contributed by atoms with Crippen LogP contribution in [0.25, 0.3) is 0 Å². The van der Waals surface area contributed by atoms with E-state index < -0.39 is 6.10 Å². The van der Waals surface area contributed by atoms with Crippen molar-refractivity contribution < 1.29 is 14.3 Å². The first-order valence-electron chi connectivity index (χ1n) is 7.52. The maximum Gasteiger partial charge on any atom is 0.270 e. The van der Waals surface area contributed by atoms with Gasteiger partial charge in [-0.15, -0.1) is 0 Å². The fourth-order valence-corrected chi connectivity index (χ4v) is 2.32. The molecule has 1 aliphatic heterocycles. The van der Waals surface area contributed by atoms with Crippen LogP contribution >= 0.6 is 0 Å². The number of anilines is 2. The molecule has 2 N–H and O–H groups in total. The molecule has 0 radical (unpaired) electrons. The molecule has 2 aromatic rings. The van der Waals surface area contributed by atoms with Crippen molar-refractivity contribution in [3.63, 3.8) is 0 Å². The Bertz CT molecular complexity index is 741. The van der Waals surface area contributed by atoms with Crippen LogP contribution in [0.5, 0.6) is 5.75 Å². The fraction of sp³-hybridized carbons (Fsp3) is 0.222. The summed E-state index contributed by atoms with van der Waals surface area (Å²) in [5.74, 6) is 0.173. The van der Waals surface area contributed by atoms with Gasteiger partial charge in [-0.3, -0.25) is 9.59 Å². The van der Waals surface area contributed by atoms with Gasteiger partial charge in [0, 0.05) is 17.2 Å². The van der Waals surface area contributed by atoms with Crippen molar-refractivity contribution in [2.75, 3.05) is 10.6 Å².